The molecule has 2 aromatic rings. The molecule has 2 aromatic carbocycles. The van der Waals surface area contributed by atoms with E-state index in [0.29, 0.717) is 10.6 Å². The topological polar surface area (TPSA) is 72.5 Å². The van der Waals surface area contributed by atoms with Crippen molar-refractivity contribution in [3.8, 4) is 0 Å². The lowest BCUT2D eigenvalue weighted by molar-refractivity contribution is -0.143. The van der Waals surface area contributed by atoms with Crippen LogP contribution in [-0.2, 0) is 19.6 Å². The molecule has 0 unspecified atom stereocenters. The van der Waals surface area contributed by atoms with Gasteiger partial charge in [-0.2, -0.15) is 0 Å². The van der Waals surface area contributed by atoms with E-state index in [9.17, 15) is 13.2 Å². The van der Waals surface area contributed by atoms with Crippen LogP contribution in [0.15, 0.2) is 53.4 Å². The molecule has 0 aromatic heterocycles. The minimum absolute atomic E-state index is 0.0814. The van der Waals surface area contributed by atoms with Crippen molar-refractivity contribution in [2.75, 3.05) is 6.61 Å². The summed E-state index contributed by atoms with van der Waals surface area (Å²) in [6, 6.07) is 12.4. The van der Waals surface area contributed by atoms with Crippen molar-refractivity contribution in [3.63, 3.8) is 0 Å². The van der Waals surface area contributed by atoms with E-state index in [1.807, 2.05) is 19.1 Å². The fraction of sp³-hybridized carbons (Fsp3) is 0.278. The van der Waals surface area contributed by atoms with Gasteiger partial charge in [0.15, 0.2) is 0 Å². The zero-order valence-electron chi connectivity index (χ0n) is 14.0. The summed E-state index contributed by atoms with van der Waals surface area (Å²) >= 11 is 5.81. The molecule has 0 aliphatic carbocycles. The summed E-state index contributed by atoms with van der Waals surface area (Å²) in [5.74, 6) is -0.466. The van der Waals surface area contributed by atoms with Crippen LogP contribution in [0.25, 0.3) is 0 Å². The summed E-state index contributed by atoms with van der Waals surface area (Å²) in [6.45, 7) is 3.88. The quantitative estimate of drug-likeness (QED) is 0.743. The fourth-order valence-electron chi connectivity index (χ4n) is 2.28. The van der Waals surface area contributed by atoms with Gasteiger partial charge < -0.3 is 4.74 Å². The molecule has 0 saturated heterocycles. The van der Waals surface area contributed by atoms with E-state index < -0.39 is 22.0 Å². The molecule has 2 rings (SSSR count). The van der Waals surface area contributed by atoms with Crippen molar-refractivity contribution in [1.29, 1.82) is 0 Å². The highest BCUT2D eigenvalue weighted by atomic mass is 35.5. The fourth-order valence-corrected chi connectivity index (χ4v) is 3.63. The first-order chi connectivity index (χ1) is 11.8. The van der Waals surface area contributed by atoms with Gasteiger partial charge in [0.05, 0.1) is 24.0 Å². The smallest absolute Gasteiger partial charge is 0.307 e. The van der Waals surface area contributed by atoms with Crippen LogP contribution in [0.2, 0.25) is 5.02 Å². The maximum Gasteiger partial charge on any atom is 0.307 e. The second-order valence-electron chi connectivity index (χ2n) is 5.55. The van der Waals surface area contributed by atoms with Crippen LogP contribution in [0.3, 0.4) is 0 Å². The summed E-state index contributed by atoms with van der Waals surface area (Å²) in [5, 5.41) is 0.445. The van der Waals surface area contributed by atoms with Crippen LogP contribution in [0.5, 0.6) is 0 Å². The lowest BCUT2D eigenvalue weighted by atomic mass is 10.0. The molecule has 0 amide bonds. The highest BCUT2D eigenvalue weighted by molar-refractivity contribution is 7.89. The number of benzene rings is 2. The third-order valence-electron chi connectivity index (χ3n) is 3.58. The van der Waals surface area contributed by atoms with Crippen molar-refractivity contribution < 1.29 is 17.9 Å². The molecule has 0 radical (unpaired) electrons. The van der Waals surface area contributed by atoms with Crippen LogP contribution >= 0.6 is 11.6 Å². The number of carbonyl (C=O) groups is 1. The van der Waals surface area contributed by atoms with Gasteiger partial charge in [0.2, 0.25) is 10.0 Å². The Labute approximate surface area is 153 Å². The number of carbonyl (C=O) groups excluding carboxylic acids is 1. The number of esters is 1. The minimum atomic E-state index is -3.81. The first-order valence-electron chi connectivity index (χ1n) is 7.82. The Morgan fingerprint density at radius 1 is 1.12 bits per heavy atom. The number of ether oxygens (including phenoxy) is 1. The number of rotatable bonds is 7. The average Bonchev–Trinajstić information content (AvgIpc) is 2.55. The minimum Gasteiger partial charge on any atom is -0.466 e. The van der Waals surface area contributed by atoms with E-state index >= 15 is 0 Å². The Morgan fingerprint density at radius 3 is 2.28 bits per heavy atom. The van der Waals surface area contributed by atoms with Crippen LogP contribution in [0.1, 0.15) is 30.5 Å². The molecule has 0 spiro atoms. The van der Waals surface area contributed by atoms with E-state index in [0.717, 1.165) is 5.56 Å². The number of nitrogens with one attached hydrogen (secondary N) is 1. The third-order valence-corrected chi connectivity index (χ3v) is 5.32. The van der Waals surface area contributed by atoms with Gasteiger partial charge in [0, 0.05) is 5.02 Å². The van der Waals surface area contributed by atoms with E-state index in [-0.39, 0.29) is 17.9 Å². The molecule has 7 heteroatoms. The van der Waals surface area contributed by atoms with Gasteiger partial charge in [-0.05, 0) is 43.7 Å². The Morgan fingerprint density at radius 2 is 1.72 bits per heavy atom. The summed E-state index contributed by atoms with van der Waals surface area (Å²) in [6.07, 6.45) is -0.0935. The molecule has 0 bridgehead atoms. The monoisotopic (exact) mass is 381 g/mol. The second kappa shape index (κ2) is 8.47. The standard InChI is InChI=1S/C18H20ClNO4S/c1-3-24-18(21)12-17(14-6-4-13(2)5-7-14)20-25(22,23)16-10-8-15(19)9-11-16/h4-11,17,20H,3,12H2,1-2H3/t17-/m1/s1. The first kappa shape index (κ1) is 19.4. The van der Waals surface area contributed by atoms with E-state index in [1.165, 1.54) is 24.3 Å². The normalized spacial score (nSPS) is 12.6. The number of aryl methyl sites for hydroxylation is 1. The Balaban J connectivity index is 2.29. The molecule has 0 fully saturated rings. The average molecular weight is 382 g/mol. The zero-order valence-corrected chi connectivity index (χ0v) is 15.6. The number of sulfonamides is 1. The summed E-state index contributed by atoms with van der Waals surface area (Å²) < 4.78 is 32.8. The van der Waals surface area contributed by atoms with Gasteiger partial charge in [-0.15, -0.1) is 0 Å². The molecule has 0 heterocycles. The molecule has 1 atom stereocenters. The lowest BCUT2D eigenvalue weighted by Gasteiger charge is -2.19. The third kappa shape index (κ3) is 5.56. The van der Waals surface area contributed by atoms with Crippen molar-refractivity contribution in [1.82, 2.24) is 4.72 Å². The molecule has 5 nitrogen and oxygen atoms in total. The van der Waals surface area contributed by atoms with Gasteiger partial charge >= 0.3 is 5.97 Å². The molecule has 0 saturated carbocycles. The number of hydrogen-bond donors (Lipinski definition) is 1. The molecular formula is C18H20ClNO4S. The van der Waals surface area contributed by atoms with Gasteiger partial charge in [-0.3, -0.25) is 4.79 Å². The van der Waals surface area contributed by atoms with E-state index in [1.54, 1.807) is 19.1 Å². The Hall–Kier alpha value is -1.89. The van der Waals surface area contributed by atoms with Crippen LogP contribution < -0.4 is 4.72 Å². The molecule has 0 aliphatic heterocycles. The van der Waals surface area contributed by atoms with Crippen molar-refractivity contribution >= 4 is 27.6 Å². The first-order valence-corrected chi connectivity index (χ1v) is 9.68. The van der Waals surface area contributed by atoms with Crippen molar-refractivity contribution in [3.05, 3.63) is 64.7 Å². The Bertz CT molecular complexity index is 817. The SMILES string of the molecule is CCOC(=O)C[C@@H](NS(=O)(=O)c1ccc(Cl)cc1)c1ccc(C)cc1. The maximum atomic E-state index is 12.6. The molecular weight excluding hydrogens is 362 g/mol. The van der Waals surface area contributed by atoms with Crippen molar-refractivity contribution in [2.45, 2.75) is 31.2 Å². The highest BCUT2D eigenvalue weighted by Gasteiger charge is 2.24. The predicted octanol–water partition coefficient (Wildman–Crippen LogP) is 3.62. The van der Waals surface area contributed by atoms with Crippen LogP contribution in [0.4, 0.5) is 0 Å². The molecule has 25 heavy (non-hydrogen) atoms. The summed E-state index contributed by atoms with van der Waals surface area (Å²) in [4.78, 5) is 12.0. The lowest BCUT2D eigenvalue weighted by Crippen LogP contribution is -2.30. The summed E-state index contributed by atoms with van der Waals surface area (Å²) in [5.41, 5.74) is 1.73. The van der Waals surface area contributed by atoms with Gasteiger partial charge in [-0.25, -0.2) is 13.1 Å². The van der Waals surface area contributed by atoms with Gasteiger partial charge in [-0.1, -0.05) is 41.4 Å². The van der Waals surface area contributed by atoms with Gasteiger partial charge in [0.1, 0.15) is 0 Å². The zero-order chi connectivity index (χ0) is 18.4. The van der Waals surface area contributed by atoms with Crippen molar-refractivity contribution in [2.24, 2.45) is 0 Å². The molecule has 134 valence electrons. The second-order valence-corrected chi connectivity index (χ2v) is 7.70. The number of halogens is 1. The van der Waals surface area contributed by atoms with Crippen LogP contribution in [-0.4, -0.2) is 21.0 Å². The van der Waals surface area contributed by atoms with Crippen LogP contribution in [0, 0.1) is 6.92 Å². The van der Waals surface area contributed by atoms with E-state index in [2.05, 4.69) is 4.72 Å². The molecule has 1 N–H and O–H groups in total. The largest absolute Gasteiger partial charge is 0.466 e. The van der Waals surface area contributed by atoms with Gasteiger partial charge in [0.25, 0.3) is 0 Å². The highest BCUT2D eigenvalue weighted by Crippen LogP contribution is 2.22. The Kier molecular flexibility index (Phi) is 6.58. The molecule has 0 aliphatic rings. The van der Waals surface area contributed by atoms with E-state index in [4.69, 9.17) is 16.3 Å². The number of hydrogen-bond acceptors (Lipinski definition) is 4. The summed E-state index contributed by atoms with van der Waals surface area (Å²) in [7, 11) is -3.81. The maximum absolute atomic E-state index is 12.6. The predicted molar refractivity (Wildman–Crippen MR) is 96.9 cm³/mol.